The van der Waals surface area contributed by atoms with Crippen molar-refractivity contribution in [3.05, 3.63) is 65.8 Å². The zero-order valence-electron chi connectivity index (χ0n) is 15.7. The summed E-state index contributed by atoms with van der Waals surface area (Å²) in [5, 5.41) is 0. The van der Waals surface area contributed by atoms with E-state index >= 15 is 0 Å². The van der Waals surface area contributed by atoms with Crippen molar-refractivity contribution in [2.45, 2.75) is 25.7 Å². The zero-order chi connectivity index (χ0) is 19.3. The van der Waals surface area contributed by atoms with Gasteiger partial charge in [-0.05, 0) is 24.3 Å². The van der Waals surface area contributed by atoms with Gasteiger partial charge in [-0.2, -0.15) is 0 Å². The van der Waals surface area contributed by atoms with Gasteiger partial charge in [-0.1, -0.05) is 44.3 Å². The van der Waals surface area contributed by atoms with E-state index in [2.05, 4.69) is 20.4 Å². The van der Waals surface area contributed by atoms with Gasteiger partial charge in [-0.3, -0.25) is 4.79 Å². The lowest BCUT2D eigenvalue weighted by molar-refractivity contribution is -0.111. The maximum absolute atomic E-state index is 12.4. The van der Waals surface area contributed by atoms with Crippen molar-refractivity contribution in [1.29, 1.82) is 0 Å². The van der Waals surface area contributed by atoms with Crippen molar-refractivity contribution >= 4 is 28.9 Å². The van der Waals surface area contributed by atoms with Crippen LogP contribution in [0.15, 0.2) is 54.7 Å². The molecule has 0 heterocycles. The standard InChI is InChI=1S/C22H24O3S/c1-6-22(2,3)18-13-16(20(24-4)14-21(18)25-5)9-12-19(23)15-7-10-17(26)11-8-15/h6-10,12-14H,1,11H2,2-5H3. The van der Waals surface area contributed by atoms with E-state index in [-0.39, 0.29) is 11.2 Å². The number of rotatable bonds is 7. The van der Waals surface area contributed by atoms with Crippen LogP contribution in [-0.4, -0.2) is 24.9 Å². The number of hydrogen-bond donors (Lipinski definition) is 0. The van der Waals surface area contributed by atoms with Crippen molar-refractivity contribution in [1.82, 2.24) is 0 Å². The normalized spacial score (nSPS) is 14.3. The first-order valence-electron chi connectivity index (χ1n) is 8.36. The molecule has 1 aromatic carbocycles. The van der Waals surface area contributed by atoms with Crippen molar-refractivity contribution in [3.8, 4) is 11.5 Å². The molecule has 0 bridgehead atoms. The first kappa shape index (κ1) is 19.9. The second kappa shape index (κ2) is 8.28. The Bertz CT molecular complexity index is 826. The van der Waals surface area contributed by atoms with Gasteiger partial charge in [-0.15, -0.1) is 6.58 Å². The van der Waals surface area contributed by atoms with Gasteiger partial charge in [0.15, 0.2) is 5.78 Å². The molecule has 0 saturated carbocycles. The molecular weight excluding hydrogens is 344 g/mol. The van der Waals surface area contributed by atoms with Gasteiger partial charge in [-0.25, -0.2) is 0 Å². The number of benzene rings is 1. The van der Waals surface area contributed by atoms with Gasteiger partial charge in [0, 0.05) is 39.5 Å². The minimum absolute atomic E-state index is 0.0637. The number of carbonyl (C=O) groups is 1. The summed E-state index contributed by atoms with van der Waals surface area (Å²) >= 11 is 5.11. The Labute approximate surface area is 160 Å². The highest BCUT2D eigenvalue weighted by Crippen LogP contribution is 2.38. The highest BCUT2D eigenvalue weighted by molar-refractivity contribution is 7.80. The molecule has 0 unspecified atom stereocenters. The molecule has 1 aliphatic carbocycles. The molecule has 26 heavy (non-hydrogen) atoms. The summed E-state index contributed by atoms with van der Waals surface area (Å²) in [5.41, 5.74) is 2.15. The van der Waals surface area contributed by atoms with E-state index in [0.717, 1.165) is 21.7 Å². The molecule has 0 aromatic heterocycles. The van der Waals surface area contributed by atoms with Crippen LogP contribution in [0.5, 0.6) is 11.5 Å². The van der Waals surface area contributed by atoms with Crippen LogP contribution in [0.4, 0.5) is 0 Å². The highest BCUT2D eigenvalue weighted by atomic mass is 32.1. The van der Waals surface area contributed by atoms with E-state index in [1.54, 1.807) is 38.5 Å². The van der Waals surface area contributed by atoms with Crippen LogP contribution in [0.2, 0.25) is 0 Å². The predicted octanol–water partition coefficient (Wildman–Crippen LogP) is 5.01. The van der Waals surface area contributed by atoms with E-state index in [1.165, 1.54) is 0 Å². The third-order valence-electron chi connectivity index (χ3n) is 4.43. The van der Waals surface area contributed by atoms with E-state index in [0.29, 0.717) is 17.7 Å². The number of methoxy groups -OCH3 is 2. The molecule has 2 rings (SSSR count). The Morgan fingerprint density at radius 1 is 1.19 bits per heavy atom. The summed E-state index contributed by atoms with van der Waals surface area (Å²) < 4.78 is 11.0. The Morgan fingerprint density at radius 3 is 2.42 bits per heavy atom. The van der Waals surface area contributed by atoms with Gasteiger partial charge in [0.25, 0.3) is 0 Å². The topological polar surface area (TPSA) is 35.5 Å². The molecule has 0 spiro atoms. The molecule has 0 aliphatic heterocycles. The average Bonchev–Trinajstić information content (AvgIpc) is 2.65. The lowest BCUT2D eigenvalue weighted by Gasteiger charge is -2.24. The van der Waals surface area contributed by atoms with E-state index in [1.807, 2.05) is 24.3 Å². The molecule has 3 nitrogen and oxygen atoms in total. The number of carbonyl (C=O) groups excluding carboxylic acids is 1. The molecule has 0 N–H and O–H groups in total. The van der Waals surface area contributed by atoms with E-state index < -0.39 is 0 Å². The van der Waals surface area contributed by atoms with Gasteiger partial charge in [0.2, 0.25) is 0 Å². The molecular formula is C22H24O3S. The molecule has 0 fully saturated rings. The van der Waals surface area contributed by atoms with Crippen molar-refractivity contribution < 1.29 is 14.3 Å². The predicted molar refractivity (Wildman–Crippen MR) is 111 cm³/mol. The summed E-state index contributed by atoms with van der Waals surface area (Å²) in [6.45, 7) is 8.03. The van der Waals surface area contributed by atoms with Gasteiger partial charge < -0.3 is 9.47 Å². The Kier molecular flexibility index (Phi) is 6.32. The summed E-state index contributed by atoms with van der Waals surface area (Å²) in [5.74, 6) is 1.30. The highest BCUT2D eigenvalue weighted by Gasteiger charge is 2.23. The lowest BCUT2D eigenvalue weighted by Crippen LogP contribution is -2.15. The third-order valence-corrected chi connectivity index (χ3v) is 4.73. The smallest absolute Gasteiger partial charge is 0.185 e. The maximum Gasteiger partial charge on any atom is 0.185 e. The van der Waals surface area contributed by atoms with Gasteiger partial charge in [0.05, 0.1) is 14.2 Å². The van der Waals surface area contributed by atoms with Crippen LogP contribution in [0.25, 0.3) is 6.08 Å². The van der Waals surface area contributed by atoms with Crippen molar-refractivity contribution in [2.75, 3.05) is 14.2 Å². The van der Waals surface area contributed by atoms with Crippen LogP contribution in [0.3, 0.4) is 0 Å². The van der Waals surface area contributed by atoms with Crippen LogP contribution in [0, 0.1) is 0 Å². The molecule has 136 valence electrons. The fraction of sp³-hybridized carbons (Fsp3) is 0.273. The van der Waals surface area contributed by atoms with Crippen molar-refractivity contribution in [3.63, 3.8) is 0 Å². The minimum atomic E-state index is -0.283. The number of ether oxygens (including phenoxy) is 2. The largest absolute Gasteiger partial charge is 0.496 e. The SMILES string of the molecule is C=CC(C)(C)c1cc(C=CC(=O)C2=CCC(=S)C=C2)c(OC)cc1OC. The van der Waals surface area contributed by atoms with Crippen LogP contribution in [0.1, 0.15) is 31.4 Å². The van der Waals surface area contributed by atoms with Crippen LogP contribution >= 0.6 is 12.2 Å². The molecule has 1 aliphatic rings. The number of thiocarbonyl (C=S) groups is 1. The maximum atomic E-state index is 12.4. The Hall–Kier alpha value is -2.46. The second-order valence-electron chi connectivity index (χ2n) is 6.58. The molecule has 0 atom stereocenters. The number of allylic oxidation sites excluding steroid dienone is 6. The quantitative estimate of drug-likeness (QED) is 0.385. The first-order valence-corrected chi connectivity index (χ1v) is 8.76. The van der Waals surface area contributed by atoms with E-state index in [4.69, 9.17) is 21.7 Å². The molecule has 0 amide bonds. The summed E-state index contributed by atoms with van der Waals surface area (Å²) in [7, 11) is 3.22. The first-order chi connectivity index (χ1) is 12.3. The number of ketones is 1. The molecule has 0 radical (unpaired) electrons. The summed E-state index contributed by atoms with van der Waals surface area (Å²) in [6, 6.07) is 3.81. The zero-order valence-corrected chi connectivity index (χ0v) is 16.5. The fourth-order valence-corrected chi connectivity index (χ4v) is 2.79. The minimum Gasteiger partial charge on any atom is -0.496 e. The Morgan fingerprint density at radius 2 is 1.88 bits per heavy atom. The van der Waals surface area contributed by atoms with E-state index in [9.17, 15) is 4.79 Å². The molecule has 4 heteroatoms. The van der Waals surface area contributed by atoms with Gasteiger partial charge >= 0.3 is 0 Å². The lowest BCUT2D eigenvalue weighted by atomic mass is 9.83. The summed E-state index contributed by atoms with van der Waals surface area (Å²) in [6.07, 6.45) is 11.2. The summed E-state index contributed by atoms with van der Waals surface area (Å²) in [4.78, 5) is 13.2. The average molecular weight is 368 g/mol. The second-order valence-corrected chi connectivity index (χ2v) is 7.11. The number of hydrogen-bond acceptors (Lipinski definition) is 4. The Balaban J connectivity index is 2.40. The van der Waals surface area contributed by atoms with Crippen molar-refractivity contribution in [2.24, 2.45) is 0 Å². The monoisotopic (exact) mass is 368 g/mol. The molecule has 0 saturated heterocycles. The molecule has 1 aromatic rings. The van der Waals surface area contributed by atoms with Gasteiger partial charge in [0.1, 0.15) is 11.5 Å². The third kappa shape index (κ3) is 4.38. The fourth-order valence-electron chi connectivity index (χ4n) is 2.64. The van der Waals surface area contributed by atoms with Crippen LogP contribution < -0.4 is 9.47 Å². The van der Waals surface area contributed by atoms with Crippen LogP contribution in [-0.2, 0) is 10.2 Å².